The van der Waals surface area contributed by atoms with Crippen LogP contribution in [0.1, 0.15) is 62.2 Å². The second kappa shape index (κ2) is 8.98. The van der Waals surface area contributed by atoms with E-state index < -0.39 is 0 Å². The third-order valence-electron chi connectivity index (χ3n) is 3.23. The molecule has 1 aromatic carbocycles. The van der Waals surface area contributed by atoms with E-state index in [0.717, 1.165) is 12.8 Å². The van der Waals surface area contributed by atoms with E-state index in [1.807, 2.05) is 0 Å². The SMILES string of the molecule is CCCCCCCCC(=O)c1ccc(Cl)c(OC)c1. The molecule has 0 amide bonds. The molecule has 0 aliphatic rings. The van der Waals surface area contributed by atoms with E-state index in [1.165, 1.54) is 25.7 Å². The van der Waals surface area contributed by atoms with Crippen LogP contribution < -0.4 is 4.74 Å². The smallest absolute Gasteiger partial charge is 0.163 e. The van der Waals surface area contributed by atoms with Gasteiger partial charge in [0.25, 0.3) is 0 Å². The van der Waals surface area contributed by atoms with Crippen molar-refractivity contribution in [3.8, 4) is 5.75 Å². The van der Waals surface area contributed by atoms with Crippen molar-refractivity contribution in [1.82, 2.24) is 0 Å². The highest BCUT2D eigenvalue weighted by Gasteiger charge is 2.09. The Labute approximate surface area is 121 Å². The molecule has 19 heavy (non-hydrogen) atoms. The summed E-state index contributed by atoms with van der Waals surface area (Å²) in [5.74, 6) is 0.737. The van der Waals surface area contributed by atoms with Crippen molar-refractivity contribution in [2.75, 3.05) is 7.11 Å². The topological polar surface area (TPSA) is 26.3 Å². The number of unbranched alkanes of at least 4 members (excludes halogenated alkanes) is 5. The number of halogens is 1. The fourth-order valence-corrected chi connectivity index (χ4v) is 2.24. The maximum absolute atomic E-state index is 12.0. The molecule has 0 saturated carbocycles. The first kappa shape index (κ1) is 16.0. The Morgan fingerprint density at radius 2 is 1.84 bits per heavy atom. The Morgan fingerprint density at radius 3 is 2.53 bits per heavy atom. The number of hydrogen-bond acceptors (Lipinski definition) is 2. The van der Waals surface area contributed by atoms with Crippen LogP contribution in [0.15, 0.2) is 18.2 Å². The van der Waals surface area contributed by atoms with Crippen LogP contribution in [0.25, 0.3) is 0 Å². The number of hydrogen-bond donors (Lipinski definition) is 0. The minimum absolute atomic E-state index is 0.172. The molecule has 0 radical (unpaired) electrons. The summed E-state index contributed by atoms with van der Waals surface area (Å²) in [6.45, 7) is 2.21. The average molecular weight is 283 g/mol. The van der Waals surface area contributed by atoms with Crippen LogP contribution in [-0.2, 0) is 0 Å². The number of rotatable bonds is 9. The molecule has 1 rings (SSSR count). The van der Waals surface area contributed by atoms with Crippen molar-refractivity contribution in [2.45, 2.75) is 51.9 Å². The number of methoxy groups -OCH3 is 1. The molecule has 0 bridgehead atoms. The number of carbonyl (C=O) groups is 1. The van der Waals surface area contributed by atoms with Gasteiger partial charge in [-0.25, -0.2) is 0 Å². The quantitative estimate of drug-likeness (QED) is 0.455. The van der Waals surface area contributed by atoms with E-state index in [9.17, 15) is 4.79 Å². The molecule has 0 spiro atoms. The number of ether oxygens (including phenoxy) is 1. The highest BCUT2D eigenvalue weighted by molar-refractivity contribution is 6.32. The van der Waals surface area contributed by atoms with E-state index in [-0.39, 0.29) is 5.78 Å². The van der Waals surface area contributed by atoms with Gasteiger partial charge in [-0.1, -0.05) is 50.6 Å². The lowest BCUT2D eigenvalue weighted by Gasteiger charge is -2.06. The Kier molecular flexibility index (Phi) is 7.57. The van der Waals surface area contributed by atoms with Gasteiger partial charge >= 0.3 is 0 Å². The van der Waals surface area contributed by atoms with Gasteiger partial charge in [0.15, 0.2) is 5.78 Å². The summed E-state index contributed by atoms with van der Waals surface area (Å²) in [5, 5.41) is 0.540. The number of Topliss-reactive ketones (excluding diaryl/α,β-unsaturated/α-hetero) is 1. The van der Waals surface area contributed by atoms with Gasteiger partial charge in [-0.3, -0.25) is 4.79 Å². The van der Waals surface area contributed by atoms with Crippen molar-refractivity contribution in [1.29, 1.82) is 0 Å². The second-order valence-corrected chi connectivity index (χ2v) is 5.20. The van der Waals surface area contributed by atoms with E-state index in [0.29, 0.717) is 22.8 Å². The molecule has 0 aliphatic heterocycles. The normalized spacial score (nSPS) is 10.5. The predicted molar refractivity (Wildman–Crippen MR) is 80.3 cm³/mol. The van der Waals surface area contributed by atoms with E-state index in [1.54, 1.807) is 25.3 Å². The Hall–Kier alpha value is -1.02. The summed E-state index contributed by atoms with van der Waals surface area (Å²) < 4.78 is 5.12. The molecule has 0 saturated heterocycles. The molecule has 106 valence electrons. The molecule has 3 heteroatoms. The monoisotopic (exact) mass is 282 g/mol. The van der Waals surface area contributed by atoms with Gasteiger partial charge in [0.05, 0.1) is 12.1 Å². The summed E-state index contributed by atoms with van der Waals surface area (Å²) in [4.78, 5) is 12.0. The van der Waals surface area contributed by atoms with Gasteiger partial charge < -0.3 is 4.74 Å². The van der Waals surface area contributed by atoms with Crippen LogP contribution in [0, 0.1) is 0 Å². The summed E-state index contributed by atoms with van der Waals surface area (Å²) >= 11 is 5.94. The lowest BCUT2D eigenvalue weighted by molar-refractivity contribution is 0.0979. The van der Waals surface area contributed by atoms with Gasteiger partial charge in [-0.2, -0.15) is 0 Å². The Morgan fingerprint density at radius 1 is 1.16 bits per heavy atom. The van der Waals surface area contributed by atoms with Crippen LogP contribution in [0.3, 0.4) is 0 Å². The van der Waals surface area contributed by atoms with Crippen LogP contribution in [-0.4, -0.2) is 12.9 Å². The molecule has 2 nitrogen and oxygen atoms in total. The number of ketones is 1. The molecule has 0 fully saturated rings. The highest BCUT2D eigenvalue weighted by Crippen LogP contribution is 2.25. The van der Waals surface area contributed by atoms with Gasteiger partial charge in [0.2, 0.25) is 0 Å². The van der Waals surface area contributed by atoms with Crippen LogP contribution >= 0.6 is 11.6 Å². The third-order valence-corrected chi connectivity index (χ3v) is 3.54. The van der Waals surface area contributed by atoms with Crippen LogP contribution in [0.4, 0.5) is 0 Å². The molecular formula is C16H23ClO2. The first-order valence-electron chi connectivity index (χ1n) is 7.05. The molecule has 1 aromatic rings. The summed E-state index contributed by atoms with van der Waals surface area (Å²) in [6.07, 6.45) is 7.76. The fourth-order valence-electron chi connectivity index (χ4n) is 2.04. The van der Waals surface area contributed by atoms with Gasteiger partial charge in [-0.15, -0.1) is 0 Å². The molecule has 0 heterocycles. The number of benzene rings is 1. The van der Waals surface area contributed by atoms with E-state index in [2.05, 4.69) is 6.92 Å². The minimum atomic E-state index is 0.172. The Balaban J connectivity index is 2.37. The first-order chi connectivity index (χ1) is 9.19. The third kappa shape index (κ3) is 5.65. The largest absolute Gasteiger partial charge is 0.495 e. The van der Waals surface area contributed by atoms with Crippen molar-refractivity contribution < 1.29 is 9.53 Å². The standard InChI is InChI=1S/C16H23ClO2/c1-3-4-5-6-7-8-9-15(18)13-10-11-14(17)16(12-13)19-2/h10-12H,3-9H2,1-2H3. The molecule has 0 N–H and O–H groups in total. The fraction of sp³-hybridized carbons (Fsp3) is 0.562. The maximum Gasteiger partial charge on any atom is 0.163 e. The minimum Gasteiger partial charge on any atom is -0.495 e. The van der Waals surface area contributed by atoms with E-state index >= 15 is 0 Å². The van der Waals surface area contributed by atoms with Crippen molar-refractivity contribution in [2.24, 2.45) is 0 Å². The zero-order valence-electron chi connectivity index (χ0n) is 11.9. The summed E-state index contributed by atoms with van der Waals surface area (Å²) in [7, 11) is 1.56. The lowest BCUT2D eigenvalue weighted by Crippen LogP contribution is -1.99. The highest BCUT2D eigenvalue weighted by atomic mass is 35.5. The molecule has 0 aromatic heterocycles. The summed E-state index contributed by atoms with van der Waals surface area (Å²) in [6, 6.07) is 5.21. The average Bonchev–Trinajstić information content (AvgIpc) is 2.43. The Bertz CT molecular complexity index is 402. The van der Waals surface area contributed by atoms with Crippen molar-refractivity contribution in [3.63, 3.8) is 0 Å². The molecule has 0 aliphatic carbocycles. The zero-order chi connectivity index (χ0) is 14.1. The zero-order valence-corrected chi connectivity index (χ0v) is 12.6. The molecule has 0 unspecified atom stereocenters. The van der Waals surface area contributed by atoms with Crippen molar-refractivity contribution in [3.05, 3.63) is 28.8 Å². The first-order valence-corrected chi connectivity index (χ1v) is 7.43. The van der Waals surface area contributed by atoms with Gasteiger partial charge in [0, 0.05) is 12.0 Å². The lowest BCUT2D eigenvalue weighted by atomic mass is 10.0. The molecule has 0 atom stereocenters. The second-order valence-electron chi connectivity index (χ2n) is 4.79. The van der Waals surface area contributed by atoms with Gasteiger partial charge in [-0.05, 0) is 24.6 Å². The predicted octanol–water partition coefficient (Wildman–Crippen LogP) is 5.28. The summed E-state index contributed by atoms with van der Waals surface area (Å²) in [5.41, 5.74) is 0.690. The van der Waals surface area contributed by atoms with E-state index in [4.69, 9.17) is 16.3 Å². The van der Waals surface area contributed by atoms with Crippen molar-refractivity contribution >= 4 is 17.4 Å². The van der Waals surface area contributed by atoms with Crippen LogP contribution in [0.5, 0.6) is 5.75 Å². The van der Waals surface area contributed by atoms with Crippen LogP contribution in [0.2, 0.25) is 5.02 Å². The molecular weight excluding hydrogens is 260 g/mol. The van der Waals surface area contributed by atoms with Gasteiger partial charge in [0.1, 0.15) is 5.75 Å². The number of carbonyl (C=O) groups excluding carboxylic acids is 1. The maximum atomic E-state index is 12.0.